The predicted octanol–water partition coefficient (Wildman–Crippen LogP) is 1.26. The molecule has 5 rings (SSSR count). The SMILES string of the molecule is C#CC(=O)N1CCN(c2ccc(-c3cc(OCC4CN(C)CCO4)cn4ncc(C#N)c34)cn2)CC1. The van der Waals surface area contributed by atoms with Crippen molar-refractivity contribution in [2.24, 2.45) is 0 Å². The third kappa shape index (κ3) is 4.82. The highest BCUT2D eigenvalue weighted by molar-refractivity contribution is 5.93. The van der Waals surface area contributed by atoms with Gasteiger partial charge in [-0.15, -0.1) is 6.42 Å². The zero-order valence-corrected chi connectivity index (χ0v) is 20.1. The molecule has 0 aromatic carbocycles. The number of rotatable bonds is 5. The Morgan fingerprint density at radius 3 is 2.78 bits per heavy atom. The first kappa shape index (κ1) is 23.6. The molecule has 184 valence electrons. The summed E-state index contributed by atoms with van der Waals surface area (Å²) < 4.78 is 13.6. The van der Waals surface area contributed by atoms with E-state index in [0.717, 1.165) is 30.0 Å². The number of likely N-dealkylation sites (N-methyl/N-ethyl adjacent to an activating group) is 1. The zero-order chi connectivity index (χ0) is 25.1. The van der Waals surface area contributed by atoms with Gasteiger partial charge in [-0.1, -0.05) is 0 Å². The van der Waals surface area contributed by atoms with E-state index < -0.39 is 0 Å². The van der Waals surface area contributed by atoms with E-state index >= 15 is 0 Å². The Bertz CT molecular complexity index is 1330. The zero-order valence-electron chi connectivity index (χ0n) is 20.1. The third-order valence-corrected chi connectivity index (χ3v) is 6.56. The van der Waals surface area contributed by atoms with Gasteiger partial charge in [-0.3, -0.25) is 4.79 Å². The Morgan fingerprint density at radius 2 is 2.08 bits per heavy atom. The van der Waals surface area contributed by atoms with Crippen molar-refractivity contribution >= 4 is 17.2 Å². The fourth-order valence-electron chi connectivity index (χ4n) is 4.60. The van der Waals surface area contributed by atoms with Crippen LogP contribution in [0.1, 0.15) is 5.56 Å². The molecular formula is C26H27N7O3. The molecular weight excluding hydrogens is 458 g/mol. The molecule has 10 nitrogen and oxygen atoms in total. The summed E-state index contributed by atoms with van der Waals surface area (Å²) in [5.41, 5.74) is 2.84. The van der Waals surface area contributed by atoms with E-state index in [2.05, 4.69) is 38.9 Å². The maximum atomic E-state index is 11.7. The van der Waals surface area contributed by atoms with E-state index in [4.69, 9.17) is 15.9 Å². The molecule has 2 fully saturated rings. The normalized spacial score (nSPS) is 18.6. The molecule has 1 amide bonds. The van der Waals surface area contributed by atoms with Gasteiger partial charge in [-0.05, 0) is 31.2 Å². The molecule has 2 aliphatic heterocycles. The minimum atomic E-state index is -0.278. The maximum absolute atomic E-state index is 11.7. The number of nitrogens with zero attached hydrogens (tertiary/aromatic N) is 7. The van der Waals surface area contributed by atoms with Gasteiger partial charge < -0.3 is 24.2 Å². The molecule has 5 heterocycles. The van der Waals surface area contributed by atoms with Gasteiger partial charge in [0.15, 0.2) is 0 Å². The Morgan fingerprint density at radius 1 is 1.25 bits per heavy atom. The molecule has 1 unspecified atom stereocenters. The number of aromatic nitrogens is 3. The molecule has 2 saturated heterocycles. The highest BCUT2D eigenvalue weighted by atomic mass is 16.5. The number of fused-ring (bicyclic) bond motifs is 1. The average molecular weight is 486 g/mol. The standard InChI is InChI=1S/C26H27N7O3/c1-3-25(34)32-8-6-31(7-9-32)24-5-4-19(14-28-24)23-12-21(17-33-26(23)20(13-27)15-29-33)36-18-22-16-30(2)10-11-35-22/h1,4-5,12,14-15,17,22H,6-11,16,18H2,2H3. The van der Waals surface area contributed by atoms with Crippen LogP contribution >= 0.6 is 0 Å². The second kappa shape index (κ2) is 10.2. The van der Waals surface area contributed by atoms with Gasteiger partial charge in [0.05, 0.1) is 30.1 Å². The molecule has 3 aromatic rings. The molecule has 0 aliphatic carbocycles. The number of morpholine rings is 1. The fraction of sp³-hybridized carbons (Fsp3) is 0.385. The van der Waals surface area contributed by atoms with Crippen LogP contribution in [-0.2, 0) is 9.53 Å². The Hall–Kier alpha value is -4.12. The molecule has 36 heavy (non-hydrogen) atoms. The number of carbonyl (C=O) groups is 1. The van der Waals surface area contributed by atoms with Crippen molar-refractivity contribution in [3.8, 4) is 35.3 Å². The van der Waals surface area contributed by atoms with Crippen molar-refractivity contribution in [1.29, 1.82) is 5.26 Å². The van der Waals surface area contributed by atoms with Crippen LogP contribution in [0.4, 0.5) is 5.82 Å². The summed E-state index contributed by atoms with van der Waals surface area (Å²) in [6, 6.07) is 8.08. The number of piperazine rings is 1. The first-order valence-electron chi connectivity index (χ1n) is 11.9. The smallest absolute Gasteiger partial charge is 0.298 e. The number of hydrogen-bond acceptors (Lipinski definition) is 8. The number of ether oxygens (including phenoxy) is 2. The van der Waals surface area contributed by atoms with Gasteiger partial charge in [-0.25, -0.2) is 9.50 Å². The lowest BCUT2D eigenvalue weighted by Crippen LogP contribution is -2.48. The number of terminal acetylenes is 1. The quantitative estimate of drug-likeness (QED) is 0.498. The largest absolute Gasteiger partial charge is 0.489 e. The van der Waals surface area contributed by atoms with Crippen LogP contribution in [-0.4, -0.2) is 95.9 Å². The Balaban J connectivity index is 1.37. The van der Waals surface area contributed by atoms with Gasteiger partial charge in [0.2, 0.25) is 0 Å². The Labute approximate surface area is 209 Å². The van der Waals surface area contributed by atoms with Crippen molar-refractivity contribution < 1.29 is 14.3 Å². The fourth-order valence-corrected chi connectivity index (χ4v) is 4.60. The molecule has 3 aromatic heterocycles. The van der Waals surface area contributed by atoms with Crippen LogP contribution < -0.4 is 9.64 Å². The number of pyridine rings is 2. The molecule has 0 N–H and O–H groups in total. The summed E-state index contributed by atoms with van der Waals surface area (Å²) in [6.45, 7) is 5.28. The van der Waals surface area contributed by atoms with Crippen LogP contribution in [0.5, 0.6) is 5.75 Å². The van der Waals surface area contributed by atoms with E-state index in [1.54, 1.807) is 28.0 Å². The van der Waals surface area contributed by atoms with Crippen molar-refractivity contribution in [2.45, 2.75) is 6.10 Å². The van der Waals surface area contributed by atoms with Crippen molar-refractivity contribution in [3.05, 3.63) is 42.4 Å². The Kier molecular flexibility index (Phi) is 6.72. The number of anilines is 1. The summed E-state index contributed by atoms with van der Waals surface area (Å²) in [7, 11) is 2.07. The van der Waals surface area contributed by atoms with Gasteiger partial charge in [-0.2, -0.15) is 10.4 Å². The summed E-state index contributed by atoms with van der Waals surface area (Å²) in [4.78, 5) is 22.4. The van der Waals surface area contributed by atoms with Crippen LogP contribution in [0.3, 0.4) is 0 Å². The second-order valence-electron chi connectivity index (χ2n) is 8.95. The number of hydrogen-bond donors (Lipinski definition) is 0. The molecule has 1 atom stereocenters. The highest BCUT2D eigenvalue weighted by Gasteiger charge is 2.22. The first-order chi connectivity index (χ1) is 17.6. The molecule has 10 heteroatoms. The molecule has 0 saturated carbocycles. The molecule has 2 aliphatic rings. The molecule has 0 spiro atoms. The number of amides is 1. The van der Waals surface area contributed by atoms with Crippen LogP contribution in [0.2, 0.25) is 0 Å². The van der Waals surface area contributed by atoms with E-state index in [0.29, 0.717) is 56.2 Å². The van der Waals surface area contributed by atoms with Crippen molar-refractivity contribution in [2.75, 3.05) is 64.4 Å². The molecule has 0 bridgehead atoms. The van der Waals surface area contributed by atoms with Crippen molar-refractivity contribution in [1.82, 2.24) is 24.4 Å². The lowest BCUT2D eigenvalue weighted by atomic mass is 10.1. The highest BCUT2D eigenvalue weighted by Crippen LogP contribution is 2.31. The number of nitriles is 1. The third-order valence-electron chi connectivity index (χ3n) is 6.56. The van der Waals surface area contributed by atoms with Crippen LogP contribution in [0.15, 0.2) is 36.8 Å². The summed E-state index contributed by atoms with van der Waals surface area (Å²) in [6.07, 6.45) is 10.4. The number of carbonyl (C=O) groups excluding carboxylic acids is 1. The predicted molar refractivity (Wildman–Crippen MR) is 133 cm³/mol. The first-order valence-corrected chi connectivity index (χ1v) is 11.9. The lowest BCUT2D eigenvalue weighted by molar-refractivity contribution is -0.125. The van der Waals surface area contributed by atoms with E-state index in [1.165, 1.54) is 0 Å². The monoisotopic (exact) mass is 485 g/mol. The van der Waals surface area contributed by atoms with Gasteiger partial charge >= 0.3 is 0 Å². The maximum Gasteiger partial charge on any atom is 0.298 e. The van der Waals surface area contributed by atoms with Gasteiger partial charge in [0, 0.05) is 56.6 Å². The summed E-state index contributed by atoms with van der Waals surface area (Å²) >= 11 is 0. The van der Waals surface area contributed by atoms with E-state index in [-0.39, 0.29) is 12.0 Å². The van der Waals surface area contributed by atoms with Crippen LogP contribution in [0, 0.1) is 23.7 Å². The summed E-state index contributed by atoms with van der Waals surface area (Å²) in [5, 5.41) is 14.0. The molecule has 0 radical (unpaired) electrons. The topological polar surface area (TPSA) is 99.2 Å². The lowest BCUT2D eigenvalue weighted by Gasteiger charge is -2.34. The van der Waals surface area contributed by atoms with E-state index in [1.807, 2.05) is 18.2 Å². The van der Waals surface area contributed by atoms with Gasteiger partial charge in [0.1, 0.15) is 30.3 Å². The van der Waals surface area contributed by atoms with Crippen LogP contribution in [0.25, 0.3) is 16.6 Å². The van der Waals surface area contributed by atoms with Crippen molar-refractivity contribution in [3.63, 3.8) is 0 Å². The van der Waals surface area contributed by atoms with Gasteiger partial charge in [0.25, 0.3) is 5.91 Å². The summed E-state index contributed by atoms with van der Waals surface area (Å²) in [5.74, 6) is 3.36. The minimum Gasteiger partial charge on any atom is -0.489 e. The average Bonchev–Trinajstić information content (AvgIpc) is 3.34. The minimum absolute atomic E-state index is 0.00691. The van der Waals surface area contributed by atoms with E-state index in [9.17, 15) is 10.1 Å². The second-order valence-corrected chi connectivity index (χ2v) is 8.95.